The van der Waals surface area contributed by atoms with Crippen molar-refractivity contribution in [2.24, 2.45) is 5.41 Å². The standard InChI is InChI=1S/C15H19N3O/c1-2-15(7-8-15)10-16-9-13-17-12-6-4-3-5-11(12)14(19)18-13/h3-6,16H,2,7-10H2,1H3,(H,17,18,19). The van der Waals surface area contributed by atoms with Crippen LogP contribution in [0.3, 0.4) is 0 Å². The smallest absolute Gasteiger partial charge is 0.258 e. The van der Waals surface area contributed by atoms with Crippen molar-refractivity contribution in [2.75, 3.05) is 6.54 Å². The number of H-pyrrole nitrogens is 1. The first-order chi connectivity index (χ1) is 9.22. The Morgan fingerprint density at radius 3 is 2.89 bits per heavy atom. The minimum Gasteiger partial charge on any atom is -0.309 e. The zero-order chi connectivity index (χ0) is 13.3. The molecule has 4 nitrogen and oxygen atoms in total. The summed E-state index contributed by atoms with van der Waals surface area (Å²) in [6.07, 6.45) is 3.86. The molecule has 2 aromatic rings. The van der Waals surface area contributed by atoms with Gasteiger partial charge in [-0.15, -0.1) is 0 Å². The third-order valence-corrected chi connectivity index (χ3v) is 4.16. The van der Waals surface area contributed by atoms with E-state index in [1.807, 2.05) is 18.2 Å². The minimum absolute atomic E-state index is 0.0565. The number of fused-ring (bicyclic) bond motifs is 1. The monoisotopic (exact) mass is 257 g/mol. The van der Waals surface area contributed by atoms with Gasteiger partial charge in [-0.2, -0.15) is 0 Å². The van der Waals surface area contributed by atoms with E-state index in [9.17, 15) is 4.79 Å². The van der Waals surface area contributed by atoms with Crippen LogP contribution in [0.2, 0.25) is 0 Å². The number of hydrogen-bond acceptors (Lipinski definition) is 3. The maximum Gasteiger partial charge on any atom is 0.258 e. The van der Waals surface area contributed by atoms with Crippen LogP contribution >= 0.6 is 0 Å². The first kappa shape index (κ1) is 12.4. The molecule has 0 spiro atoms. The summed E-state index contributed by atoms with van der Waals surface area (Å²) >= 11 is 0. The molecule has 0 aliphatic heterocycles. The molecule has 0 radical (unpaired) electrons. The fourth-order valence-electron chi connectivity index (χ4n) is 2.50. The van der Waals surface area contributed by atoms with Crippen molar-refractivity contribution in [3.8, 4) is 0 Å². The van der Waals surface area contributed by atoms with Crippen molar-refractivity contribution >= 4 is 10.9 Å². The lowest BCUT2D eigenvalue weighted by molar-refractivity contribution is 0.440. The highest BCUT2D eigenvalue weighted by Crippen LogP contribution is 2.47. The summed E-state index contributed by atoms with van der Waals surface area (Å²) in [4.78, 5) is 19.2. The quantitative estimate of drug-likeness (QED) is 0.863. The van der Waals surface area contributed by atoms with Crippen molar-refractivity contribution < 1.29 is 0 Å². The Kier molecular flexibility index (Phi) is 3.11. The molecule has 0 unspecified atom stereocenters. The van der Waals surface area contributed by atoms with Gasteiger partial charge < -0.3 is 10.3 Å². The predicted molar refractivity (Wildman–Crippen MR) is 76.0 cm³/mol. The molecule has 1 aromatic heterocycles. The number of benzene rings is 1. The van der Waals surface area contributed by atoms with Crippen LogP contribution in [0.25, 0.3) is 10.9 Å². The first-order valence-electron chi connectivity index (χ1n) is 6.91. The normalized spacial score (nSPS) is 16.7. The molecule has 19 heavy (non-hydrogen) atoms. The van der Waals surface area contributed by atoms with Gasteiger partial charge in [-0.05, 0) is 36.8 Å². The van der Waals surface area contributed by atoms with Crippen LogP contribution in [-0.2, 0) is 6.54 Å². The maximum atomic E-state index is 11.9. The Labute approximate surface area is 112 Å². The van der Waals surface area contributed by atoms with Gasteiger partial charge in [-0.3, -0.25) is 4.79 Å². The molecule has 0 amide bonds. The number of para-hydroxylation sites is 1. The summed E-state index contributed by atoms with van der Waals surface area (Å²) in [5.41, 5.74) is 1.22. The van der Waals surface area contributed by atoms with E-state index < -0.39 is 0 Å². The number of nitrogens with zero attached hydrogens (tertiary/aromatic N) is 1. The molecule has 2 N–H and O–H groups in total. The van der Waals surface area contributed by atoms with Crippen LogP contribution in [0.4, 0.5) is 0 Å². The highest BCUT2D eigenvalue weighted by Gasteiger charge is 2.39. The van der Waals surface area contributed by atoms with Crippen LogP contribution in [0.1, 0.15) is 32.0 Å². The fraction of sp³-hybridized carbons (Fsp3) is 0.467. The third-order valence-electron chi connectivity index (χ3n) is 4.16. The summed E-state index contributed by atoms with van der Waals surface area (Å²) in [6.45, 7) is 3.88. The predicted octanol–water partition coefficient (Wildman–Crippen LogP) is 2.20. The van der Waals surface area contributed by atoms with Gasteiger partial charge >= 0.3 is 0 Å². The van der Waals surface area contributed by atoms with E-state index in [4.69, 9.17) is 0 Å². The molecule has 0 bridgehead atoms. The highest BCUT2D eigenvalue weighted by atomic mass is 16.1. The second kappa shape index (κ2) is 4.78. The molecule has 100 valence electrons. The fourth-order valence-corrected chi connectivity index (χ4v) is 2.50. The van der Waals surface area contributed by atoms with Crippen molar-refractivity contribution in [3.63, 3.8) is 0 Å². The van der Waals surface area contributed by atoms with Gasteiger partial charge in [-0.25, -0.2) is 4.98 Å². The van der Waals surface area contributed by atoms with Crippen LogP contribution in [0, 0.1) is 5.41 Å². The van der Waals surface area contributed by atoms with E-state index in [1.165, 1.54) is 19.3 Å². The van der Waals surface area contributed by atoms with E-state index in [1.54, 1.807) is 6.07 Å². The second-order valence-electron chi connectivity index (χ2n) is 5.49. The molecule has 1 saturated carbocycles. The Balaban J connectivity index is 1.73. The van der Waals surface area contributed by atoms with Crippen molar-refractivity contribution in [3.05, 3.63) is 40.4 Å². The molecule has 1 aromatic carbocycles. The van der Waals surface area contributed by atoms with Gasteiger partial charge in [0.2, 0.25) is 0 Å². The molecule has 1 fully saturated rings. The van der Waals surface area contributed by atoms with Crippen LogP contribution in [0.5, 0.6) is 0 Å². The lowest BCUT2D eigenvalue weighted by Crippen LogP contribution is -2.25. The van der Waals surface area contributed by atoms with E-state index in [-0.39, 0.29) is 5.56 Å². The zero-order valence-corrected chi connectivity index (χ0v) is 11.2. The third kappa shape index (κ3) is 2.54. The summed E-state index contributed by atoms with van der Waals surface area (Å²) in [7, 11) is 0. The second-order valence-corrected chi connectivity index (χ2v) is 5.49. The lowest BCUT2D eigenvalue weighted by Gasteiger charge is -2.13. The van der Waals surface area contributed by atoms with E-state index in [2.05, 4.69) is 22.2 Å². The average Bonchev–Trinajstić information content (AvgIpc) is 3.19. The zero-order valence-electron chi connectivity index (χ0n) is 11.2. The SMILES string of the molecule is CCC1(CNCc2nc3ccccc3c(=O)[nH]2)CC1. The topological polar surface area (TPSA) is 57.8 Å². The Morgan fingerprint density at radius 2 is 2.16 bits per heavy atom. The lowest BCUT2D eigenvalue weighted by atomic mass is 10.0. The van der Waals surface area contributed by atoms with Crippen LogP contribution in [-0.4, -0.2) is 16.5 Å². The van der Waals surface area contributed by atoms with Crippen molar-refractivity contribution in [2.45, 2.75) is 32.7 Å². The molecular weight excluding hydrogens is 238 g/mol. The number of aromatic nitrogens is 2. The number of rotatable bonds is 5. The molecular formula is C15H19N3O. The van der Waals surface area contributed by atoms with E-state index >= 15 is 0 Å². The Bertz CT molecular complexity index is 643. The molecule has 1 aliphatic rings. The summed E-state index contributed by atoms with van der Waals surface area (Å²) in [5, 5.41) is 4.07. The molecule has 0 saturated heterocycles. The van der Waals surface area contributed by atoms with Gasteiger partial charge in [0.25, 0.3) is 5.56 Å². The van der Waals surface area contributed by atoms with Gasteiger partial charge in [-0.1, -0.05) is 19.1 Å². The van der Waals surface area contributed by atoms with E-state index in [0.29, 0.717) is 17.3 Å². The average molecular weight is 257 g/mol. The number of nitrogens with one attached hydrogen (secondary N) is 2. The number of aromatic amines is 1. The molecule has 1 aliphatic carbocycles. The largest absolute Gasteiger partial charge is 0.309 e. The van der Waals surface area contributed by atoms with Gasteiger partial charge in [0.15, 0.2) is 0 Å². The Hall–Kier alpha value is -1.68. The van der Waals surface area contributed by atoms with Crippen molar-refractivity contribution in [1.82, 2.24) is 15.3 Å². The van der Waals surface area contributed by atoms with Crippen LogP contribution in [0.15, 0.2) is 29.1 Å². The highest BCUT2D eigenvalue weighted by molar-refractivity contribution is 5.77. The van der Waals surface area contributed by atoms with Crippen molar-refractivity contribution in [1.29, 1.82) is 0 Å². The van der Waals surface area contributed by atoms with E-state index in [0.717, 1.165) is 17.9 Å². The van der Waals surface area contributed by atoms with Gasteiger partial charge in [0.05, 0.1) is 17.4 Å². The molecule has 4 heteroatoms. The molecule has 1 heterocycles. The Morgan fingerprint density at radius 1 is 1.37 bits per heavy atom. The minimum atomic E-state index is -0.0565. The van der Waals surface area contributed by atoms with Gasteiger partial charge in [0, 0.05) is 6.54 Å². The molecule has 3 rings (SSSR count). The maximum absolute atomic E-state index is 11.9. The van der Waals surface area contributed by atoms with Crippen LogP contribution < -0.4 is 10.9 Å². The summed E-state index contributed by atoms with van der Waals surface area (Å²) in [6, 6.07) is 7.44. The summed E-state index contributed by atoms with van der Waals surface area (Å²) < 4.78 is 0. The first-order valence-corrected chi connectivity index (χ1v) is 6.91. The van der Waals surface area contributed by atoms with Gasteiger partial charge in [0.1, 0.15) is 5.82 Å². The molecule has 0 atom stereocenters. The summed E-state index contributed by atoms with van der Waals surface area (Å²) in [5.74, 6) is 0.718. The number of hydrogen-bond donors (Lipinski definition) is 2.